The van der Waals surface area contributed by atoms with Crippen LogP contribution in [-0.4, -0.2) is 11.6 Å². The first-order chi connectivity index (χ1) is 17.2. The van der Waals surface area contributed by atoms with E-state index in [1.165, 1.54) is 25.0 Å². The van der Waals surface area contributed by atoms with Crippen LogP contribution in [0.3, 0.4) is 0 Å². The molecule has 1 heterocycles. The van der Waals surface area contributed by atoms with Crippen LogP contribution in [0.15, 0.2) is 65.1 Å². The van der Waals surface area contributed by atoms with Crippen molar-refractivity contribution >= 4 is 22.5 Å². The number of carbonyl (C=O) groups excluding carboxylic acids is 2. The fourth-order valence-corrected chi connectivity index (χ4v) is 5.15. The topological polar surface area (TPSA) is 47.3 Å². The van der Waals surface area contributed by atoms with Gasteiger partial charge in [-0.1, -0.05) is 39.0 Å². The standard InChI is InChI=1S/C32H31FO3/c1-5-27(34)30-26-16-21(10-15-29(26)36-31(30)20-8-13-24(33)14-9-20)25-17-22(7-6-19(25)2)28(35)18-32(3,4)23-11-12-23/h6-10,13-17,23H,5,11-12,18H2,1-4H3. The average molecular weight is 483 g/mol. The predicted octanol–water partition coefficient (Wildman–Crippen LogP) is 8.82. The van der Waals surface area contributed by atoms with E-state index in [4.69, 9.17) is 4.42 Å². The van der Waals surface area contributed by atoms with Gasteiger partial charge in [-0.2, -0.15) is 0 Å². The van der Waals surface area contributed by atoms with Gasteiger partial charge in [0, 0.05) is 29.4 Å². The molecule has 0 bridgehead atoms. The van der Waals surface area contributed by atoms with E-state index in [1.54, 1.807) is 12.1 Å². The maximum absolute atomic E-state index is 13.5. The van der Waals surface area contributed by atoms with Crippen LogP contribution >= 0.6 is 0 Å². The molecule has 0 aliphatic heterocycles. The summed E-state index contributed by atoms with van der Waals surface area (Å²) in [5.74, 6) is 0.883. The van der Waals surface area contributed by atoms with Gasteiger partial charge in [-0.3, -0.25) is 9.59 Å². The van der Waals surface area contributed by atoms with Gasteiger partial charge in [0.2, 0.25) is 0 Å². The number of Topliss-reactive ketones (excluding diaryl/α,β-unsaturated/α-hetero) is 2. The molecule has 36 heavy (non-hydrogen) atoms. The summed E-state index contributed by atoms with van der Waals surface area (Å²) in [4.78, 5) is 26.2. The lowest BCUT2D eigenvalue weighted by molar-refractivity contribution is 0.0916. The molecule has 1 aromatic heterocycles. The molecular formula is C32H31FO3. The molecular weight excluding hydrogens is 451 g/mol. The SMILES string of the molecule is CCC(=O)c1c(-c2ccc(F)cc2)oc2ccc(-c3cc(C(=O)CC(C)(C)C4CC4)ccc3C)cc12. The molecule has 0 radical (unpaired) electrons. The summed E-state index contributed by atoms with van der Waals surface area (Å²) >= 11 is 0. The molecule has 0 atom stereocenters. The number of carbonyl (C=O) groups is 2. The van der Waals surface area contributed by atoms with Crippen LogP contribution in [0.25, 0.3) is 33.4 Å². The second-order valence-electron chi connectivity index (χ2n) is 10.7. The highest BCUT2D eigenvalue weighted by molar-refractivity contribution is 6.12. The van der Waals surface area contributed by atoms with E-state index in [0.29, 0.717) is 46.8 Å². The molecule has 0 N–H and O–H groups in total. The Morgan fingerprint density at radius 3 is 2.31 bits per heavy atom. The zero-order chi connectivity index (χ0) is 25.6. The van der Waals surface area contributed by atoms with Crippen molar-refractivity contribution < 1.29 is 18.4 Å². The third kappa shape index (κ3) is 4.53. The van der Waals surface area contributed by atoms with Gasteiger partial charge in [-0.15, -0.1) is 0 Å². The van der Waals surface area contributed by atoms with Crippen molar-refractivity contribution in [2.24, 2.45) is 11.3 Å². The van der Waals surface area contributed by atoms with Gasteiger partial charge >= 0.3 is 0 Å². The third-order valence-electron chi connectivity index (χ3n) is 7.56. The van der Waals surface area contributed by atoms with Gasteiger partial charge in [0.05, 0.1) is 5.56 Å². The minimum Gasteiger partial charge on any atom is -0.455 e. The van der Waals surface area contributed by atoms with Crippen molar-refractivity contribution in [2.75, 3.05) is 0 Å². The molecule has 0 unspecified atom stereocenters. The summed E-state index contributed by atoms with van der Waals surface area (Å²) in [6.45, 7) is 8.23. The zero-order valence-corrected chi connectivity index (χ0v) is 21.3. The number of aryl methyl sites for hydroxylation is 1. The maximum atomic E-state index is 13.5. The smallest absolute Gasteiger partial charge is 0.167 e. The Labute approximate surface area is 211 Å². The number of fused-ring (bicyclic) bond motifs is 1. The van der Waals surface area contributed by atoms with Crippen molar-refractivity contribution in [2.45, 2.75) is 53.4 Å². The molecule has 0 spiro atoms. The number of rotatable bonds is 8. The van der Waals surface area contributed by atoms with Gasteiger partial charge in [-0.25, -0.2) is 4.39 Å². The fourth-order valence-electron chi connectivity index (χ4n) is 5.15. The normalized spacial score (nSPS) is 13.8. The van der Waals surface area contributed by atoms with E-state index in [9.17, 15) is 14.0 Å². The van der Waals surface area contributed by atoms with Gasteiger partial charge < -0.3 is 4.42 Å². The first kappa shape index (κ1) is 24.2. The molecule has 4 aromatic rings. The van der Waals surface area contributed by atoms with Crippen LogP contribution in [0.2, 0.25) is 0 Å². The second-order valence-corrected chi connectivity index (χ2v) is 10.7. The fraction of sp³-hybridized carbons (Fsp3) is 0.312. The molecule has 1 aliphatic rings. The van der Waals surface area contributed by atoms with E-state index >= 15 is 0 Å². The van der Waals surface area contributed by atoms with E-state index in [2.05, 4.69) is 13.8 Å². The summed E-state index contributed by atoms with van der Waals surface area (Å²) in [7, 11) is 0. The average Bonchev–Trinajstić information content (AvgIpc) is 3.66. The van der Waals surface area contributed by atoms with Gasteiger partial charge in [-0.05, 0) is 90.3 Å². The molecule has 184 valence electrons. The van der Waals surface area contributed by atoms with E-state index in [-0.39, 0.29) is 22.8 Å². The Bertz CT molecular complexity index is 1470. The summed E-state index contributed by atoms with van der Waals surface area (Å²) in [6, 6.07) is 17.7. The summed E-state index contributed by atoms with van der Waals surface area (Å²) in [6.07, 6.45) is 3.29. The summed E-state index contributed by atoms with van der Waals surface area (Å²) < 4.78 is 19.6. The van der Waals surface area contributed by atoms with Crippen molar-refractivity contribution in [1.29, 1.82) is 0 Å². The highest BCUT2D eigenvalue weighted by Gasteiger charge is 2.39. The maximum Gasteiger partial charge on any atom is 0.167 e. The Morgan fingerprint density at radius 2 is 1.64 bits per heavy atom. The zero-order valence-electron chi connectivity index (χ0n) is 21.3. The lowest BCUT2D eigenvalue weighted by atomic mass is 9.80. The van der Waals surface area contributed by atoms with Crippen LogP contribution < -0.4 is 0 Å². The Hall–Kier alpha value is -3.53. The summed E-state index contributed by atoms with van der Waals surface area (Å²) in [5, 5.41) is 0.727. The van der Waals surface area contributed by atoms with Crippen molar-refractivity contribution in [3.63, 3.8) is 0 Å². The predicted molar refractivity (Wildman–Crippen MR) is 142 cm³/mol. The van der Waals surface area contributed by atoms with Gasteiger partial charge in [0.25, 0.3) is 0 Å². The lowest BCUT2D eigenvalue weighted by Crippen LogP contribution is -2.19. The van der Waals surface area contributed by atoms with E-state index in [1.807, 2.05) is 50.2 Å². The van der Waals surface area contributed by atoms with Gasteiger partial charge in [0.1, 0.15) is 17.2 Å². The highest BCUT2D eigenvalue weighted by Crippen LogP contribution is 2.47. The second kappa shape index (κ2) is 9.16. The molecule has 4 heteroatoms. The number of hydrogen-bond donors (Lipinski definition) is 0. The Kier molecular flexibility index (Phi) is 6.15. The highest BCUT2D eigenvalue weighted by atomic mass is 19.1. The largest absolute Gasteiger partial charge is 0.455 e. The van der Waals surface area contributed by atoms with Crippen molar-refractivity contribution in [3.05, 3.63) is 83.2 Å². The minimum absolute atomic E-state index is 0.0179. The molecule has 5 rings (SSSR count). The number of furan rings is 1. The molecule has 3 aromatic carbocycles. The van der Waals surface area contributed by atoms with Crippen LogP contribution in [0.4, 0.5) is 4.39 Å². The van der Waals surface area contributed by atoms with Crippen LogP contribution in [0, 0.1) is 24.1 Å². The Morgan fingerprint density at radius 1 is 0.944 bits per heavy atom. The molecule has 0 saturated heterocycles. The number of ketones is 2. The first-order valence-corrected chi connectivity index (χ1v) is 12.7. The first-order valence-electron chi connectivity index (χ1n) is 12.7. The number of halogens is 1. The molecule has 1 saturated carbocycles. The number of hydrogen-bond acceptors (Lipinski definition) is 3. The third-order valence-corrected chi connectivity index (χ3v) is 7.56. The Balaban J connectivity index is 1.58. The molecule has 3 nitrogen and oxygen atoms in total. The monoisotopic (exact) mass is 482 g/mol. The quantitative estimate of drug-likeness (QED) is 0.236. The summed E-state index contributed by atoms with van der Waals surface area (Å²) in [5.41, 5.74) is 5.45. The molecule has 1 aliphatic carbocycles. The molecule has 0 amide bonds. The number of benzene rings is 3. The van der Waals surface area contributed by atoms with Crippen LogP contribution in [-0.2, 0) is 0 Å². The van der Waals surface area contributed by atoms with Crippen molar-refractivity contribution in [3.8, 4) is 22.5 Å². The van der Waals surface area contributed by atoms with Crippen molar-refractivity contribution in [1.82, 2.24) is 0 Å². The lowest BCUT2D eigenvalue weighted by Gasteiger charge is -2.23. The van der Waals surface area contributed by atoms with Gasteiger partial charge in [0.15, 0.2) is 11.6 Å². The minimum atomic E-state index is -0.342. The van der Waals surface area contributed by atoms with E-state index in [0.717, 1.165) is 22.1 Å². The van der Waals surface area contributed by atoms with Crippen LogP contribution in [0.1, 0.15) is 72.7 Å². The van der Waals surface area contributed by atoms with Crippen LogP contribution in [0.5, 0.6) is 0 Å². The van der Waals surface area contributed by atoms with E-state index < -0.39 is 0 Å². The molecule has 1 fully saturated rings.